The summed E-state index contributed by atoms with van der Waals surface area (Å²) in [5.74, 6) is 0.261. The molecule has 6 nitrogen and oxygen atoms in total. The van der Waals surface area contributed by atoms with E-state index in [-0.39, 0.29) is 0 Å². The zero-order valence-electron chi connectivity index (χ0n) is 13.7. The molecule has 0 saturated carbocycles. The summed E-state index contributed by atoms with van der Waals surface area (Å²) < 4.78 is 10.6. The third-order valence-electron chi connectivity index (χ3n) is 3.23. The fourth-order valence-electron chi connectivity index (χ4n) is 2.01. The Labute approximate surface area is 140 Å². The quantitative estimate of drug-likeness (QED) is 0.799. The Kier molecular flexibility index (Phi) is 6.19. The van der Waals surface area contributed by atoms with Crippen LogP contribution in [-0.4, -0.2) is 25.5 Å². The molecular formula is C18H20N2O4. The van der Waals surface area contributed by atoms with Crippen molar-refractivity contribution in [3.8, 4) is 11.5 Å². The number of carbonyl (C=O) groups excluding carboxylic acids is 2. The van der Waals surface area contributed by atoms with Crippen LogP contribution in [0.1, 0.15) is 34.1 Å². The van der Waals surface area contributed by atoms with E-state index in [1.54, 1.807) is 48.5 Å². The van der Waals surface area contributed by atoms with Crippen molar-refractivity contribution in [1.82, 2.24) is 10.9 Å². The van der Waals surface area contributed by atoms with E-state index in [2.05, 4.69) is 10.9 Å². The highest BCUT2D eigenvalue weighted by Gasteiger charge is 2.13. The number of carbonyl (C=O) groups is 2. The number of hydrogen-bond acceptors (Lipinski definition) is 4. The van der Waals surface area contributed by atoms with E-state index in [4.69, 9.17) is 9.47 Å². The highest BCUT2D eigenvalue weighted by molar-refractivity contribution is 6.00. The van der Waals surface area contributed by atoms with Gasteiger partial charge in [0.1, 0.15) is 11.5 Å². The van der Waals surface area contributed by atoms with E-state index in [0.29, 0.717) is 29.2 Å². The molecule has 0 saturated heterocycles. The van der Waals surface area contributed by atoms with Gasteiger partial charge in [0.15, 0.2) is 0 Å². The van der Waals surface area contributed by atoms with Gasteiger partial charge in [0.2, 0.25) is 0 Å². The smallest absolute Gasteiger partial charge is 0.273 e. The van der Waals surface area contributed by atoms with Crippen LogP contribution in [0.25, 0.3) is 0 Å². The first kappa shape index (κ1) is 17.3. The minimum Gasteiger partial charge on any atom is -0.496 e. The monoisotopic (exact) mass is 328 g/mol. The summed E-state index contributed by atoms with van der Waals surface area (Å²) in [7, 11) is 1.48. The fraction of sp³-hybridized carbons (Fsp3) is 0.222. The molecule has 0 aromatic heterocycles. The summed E-state index contributed by atoms with van der Waals surface area (Å²) >= 11 is 0. The zero-order valence-corrected chi connectivity index (χ0v) is 13.7. The van der Waals surface area contributed by atoms with E-state index in [1.165, 1.54) is 7.11 Å². The lowest BCUT2D eigenvalue weighted by Crippen LogP contribution is -2.41. The van der Waals surface area contributed by atoms with Crippen molar-refractivity contribution in [2.45, 2.75) is 13.3 Å². The van der Waals surface area contributed by atoms with Gasteiger partial charge in [0.25, 0.3) is 11.8 Å². The average Bonchev–Trinajstić information content (AvgIpc) is 2.64. The lowest BCUT2D eigenvalue weighted by molar-refractivity contribution is 0.0845. The first-order chi connectivity index (χ1) is 11.7. The van der Waals surface area contributed by atoms with Gasteiger partial charge < -0.3 is 9.47 Å². The van der Waals surface area contributed by atoms with Crippen molar-refractivity contribution in [3.05, 3.63) is 59.7 Å². The minimum atomic E-state index is -0.455. The Morgan fingerprint density at radius 2 is 1.62 bits per heavy atom. The summed E-state index contributed by atoms with van der Waals surface area (Å²) in [6.45, 7) is 2.65. The van der Waals surface area contributed by atoms with E-state index in [0.717, 1.165) is 6.42 Å². The summed E-state index contributed by atoms with van der Waals surface area (Å²) in [6, 6.07) is 13.5. The SMILES string of the molecule is CCCOc1ccc(C(=O)NNC(=O)c2ccccc2OC)cc1. The molecule has 0 unspecified atom stereocenters. The molecule has 2 N–H and O–H groups in total. The lowest BCUT2D eigenvalue weighted by Gasteiger charge is -2.10. The topological polar surface area (TPSA) is 76.7 Å². The molecule has 0 aliphatic heterocycles. The average molecular weight is 328 g/mol. The van der Waals surface area contributed by atoms with Crippen molar-refractivity contribution in [2.75, 3.05) is 13.7 Å². The molecule has 0 aliphatic rings. The van der Waals surface area contributed by atoms with Crippen LogP contribution >= 0.6 is 0 Å². The Morgan fingerprint density at radius 3 is 2.29 bits per heavy atom. The van der Waals surface area contributed by atoms with Crippen LogP contribution in [0.2, 0.25) is 0 Å². The number of amides is 2. The number of ether oxygens (including phenoxy) is 2. The molecule has 0 aliphatic carbocycles. The molecule has 2 rings (SSSR count). The van der Waals surface area contributed by atoms with Crippen LogP contribution in [0.3, 0.4) is 0 Å². The number of rotatable bonds is 6. The summed E-state index contributed by atoms with van der Waals surface area (Å²) in [5.41, 5.74) is 5.50. The number of hydrazine groups is 1. The minimum absolute atomic E-state index is 0.337. The molecule has 0 spiro atoms. The van der Waals surface area contributed by atoms with Crippen LogP contribution < -0.4 is 20.3 Å². The Hall–Kier alpha value is -3.02. The molecule has 0 fully saturated rings. The van der Waals surface area contributed by atoms with Crippen LogP contribution in [0.15, 0.2) is 48.5 Å². The standard InChI is InChI=1S/C18H20N2O4/c1-3-12-24-14-10-8-13(9-11-14)17(21)19-20-18(22)15-6-4-5-7-16(15)23-2/h4-11H,3,12H2,1-2H3,(H,19,21)(H,20,22). The molecule has 6 heteroatoms. The molecule has 0 bridgehead atoms. The van der Waals surface area contributed by atoms with Gasteiger partial charge in [-0.2, -0.15) is 0 Å². The normalized spacial score (nSPS) is 9.92. The molecule has 0 radical (unpaired) electrons. The van der Waals surface area contributed by atoms with Crippen molar-refractivity contribution in [1.29, 1.82) is 0 Å². The highest BCUT2D eigenvalue weighted by atomic mass is 16.5. The fourth-order valence-corrected chi connectivity index (χ4v) is 2.01. The maximum atomic E-state index is 12.1. The molecule has 2 aromatic rings. The van der Waals surface area contributed by atoms with Crippen LogP contribution in [0.5, 0.6) is 11.5 Å². The third-order valence-corrected chi connectivity index (χ3v) is 3.23. The molecule has 2 aromatic carbocycles. The van der Waals surface area contributed by atoms with Gasteiger partial charge in [0.05, 0.1) is 19.3 Å². The van der Waals surface area contributed by atoms with Gasteiger partial charge >= 0.3 is 0 Å². The first-order valence-corrected chi connectivity index (χ1v) is 7.62. The van der Waals surface area contributed by atoms with Crippen molar-refractivity contribution in [3.63, 3.8) is 0 Å². The first-order valence-electron chi connectivity index (χ1n) is 7.62. The van der Waals surface area contributed by atoms with Crippen molar-refractivity contribution in [2.24, 2.45) is 0 Å². The van der Waals surface area contributed by atoms with Crippen LogP contribution in [-0.2, 0) is 0 Å². The van der Waals surface area contributed by atoms with Gasteiger partial charge in [-0.15, -0.1) is 0 Å². The number of benzene rings is 2. The second-order valence-electron chi connectivity index (χ2n) is 4.98. The van der Waals surface area contributed by atoms with Gasteiger partial charge in [-0.3, -0.25) is 20.4 Å². The number of para-hydroxylation sites is 1. The van der Waals surface area contributed by atoms with Gasteiger partial charge in [-0.1, -0.05) is 19.1 Å². The largest absolute Gasteiger partial charge is 0.496 e. The summed E-state index contributed by atoms with van der Waals surface area (Å²) in [5, 5.41) is 0. The van der Waals surface area contributed by atoms with Crippen molar-refractivity contribution >= 4 is 11.8 Å². The number of nitrogens with one attached hydrogen (secondary N) is 2. The summed E-state index contributed by atoms with van der Waals surface area (Å²) in [4.78, 5) is 24.2. The molecular weight excluding hydrogens is 308 g/mol. The number of hydrogen-bond donors (Lipinski definition) is 2. The molecule has 0 heterocycles. The predicted octanol–water partition coefficient (Wildman–Crippen LogP) is 2.56. The van der Waals surface area contributed by atoms with Crippen molar-refractivity contribution < 1.29 is 19.1 Å². The van der Waals surface area contributed by atoms with Gasteiger partial charge in [-0.05, 0) is 42.8 Å². The number of methoxy groups -OCH3 is 1. The van der Waals surface area contributed by atoms with E-state index >= 15 is 0 Å². The van der Waals surface area contributed by atoms with Crippen LogP contribution in [0, 0.1) is 0 Å². The van der Waals surface area contributed by atoms with E-state index in [9.17, 15) is 9.59 Å². The zero-order chi connectivity index (χ0) is 17.4. The Balaban J connectivity index is 1.94. The molecule has 0 atom stereocenters. The highest BCUT2D eigenvalue weighted by Crippen LogP contribution is 2.16. The Morgan fingerprint density at radius 1 is 0.958 bits per heavy atom. The maximum Gasteiger partial charge on any atom is 0.273 e. The molecule has 24 heavy (non-hydrogen) atoms. The lowest BCUT2D eigenvalue weighted by atomic mass is 10.2. The van der Waals surface area contributed by atoms with Gasteiger partial charge in [-0.25, -0.2) is 0 Å². The van der Waals surface area contributed by atoms with E-state index < -0.39 is 11.8 Å². The predicted molar refractivity (Wildman–Crippen MR) is 90.2 cm³/mol. The molecule has 2 amide bonds. The third kappa shape index (κ3) is 4.49. The second-order valence-corrected chi connectivity index (χ2v) is 4.98. The Bertz CT molecular complexity index is 698. The maximum absolute atomic E-state index is 12.1. The molecule has 126 valence electrons. The van der Waals surface area contributed by atoms with Gasteiger partial charge in [0, 0.05) is 5.56 Å². The van der Waals surface area contributed by atoms with E-state index in [1.807, 2.05) is 6.92 Å². The van der Waals surface area contributed by atoms with Crippen LogP contribution in [0.4, 0.5) is 0 Å². The second kappa shape index (κ2) is 8.57. The summed E-state index contributed by atoms with van der Waals surface area (Å²) in [6.07, 6.45) is 0.914.